The molecule has 0 aromatic heterocycles. The number of fused-ring (bicyclic) bond motifs is 1. The first-order valence-corrected chi connectivity index (χ1v) is 6.59. The first-order valence-electron chi connectivity index (χ1n) is 5.71. The Hall–Kier alpha value is -0.510. The zero-order valence-corrected chi connectivity index (χ0v) is 10.7. The SMILES string of the molecule is CC(C)(CO)NCC1Cc2ccccc2S1. The van der Waals surface area contributed by atoms with E-state index in [1.54, 1.807) is 0 Å². The second-order valence-electron chi connectivity index (χ2n) is 4.97. The van der Waals surface area contributed by atoms with Gasteiger partial charge in [0.2, 0.25) is 0 Å². The van der Waals surface area contributed by atoms with Crippen molar-refractivity contribution in [3.05, 3.63) is 29.8 Å². The monoisotopic (exact) mass is 237 g/mol. The van der Waals surface area contributed by atoms with Crippen LogP contribution in [0.25, 0.3) is 0 Å². The van der Waals surface area contributed by atoms with E-state index in [9.17, 15) is 5.11 Å². The first-order chi connectivity index (χ1) is 7.61. The maximum atomic E-state index is 9.17. The van der Waals surface area contributed by atoms with E-state index in [4.69, 9.17) is 0 Å². The summed E-state index contributed by atoms with van der Waals surface area (Å²) in [6.07, 6.45) is 1.13. The standard InChI is InChI=1S/C13H19NOS/c1-13(2,9-15)14-8-11-7-10-5-3-4-6-12(10)16-11/h3-6,11,14-15H,7-9H2,1-2H3. The van der Waals surface area contributed by atoms with Gasteiger partial charge >= 0.3 is 0 Å². The van der Waals surface area contributed by atoms with Crippen molar-refractivity contribution in [1.29, 1.82) is 0 Å². The average molecular weight is 237 g/mol. The Morgan fingerprint density at radius 3 is 2.88 bits per heavy atom. The van der Waals surface area contributed by atoms with Gasteiger partial charge in [0.25, 0.3) is 0 Å². The number of hydrogen-bond acceptors (Lipinski definition) is 3. The summed E-state index contributed by atoms with van der Waals surface area (Å²) in [5, 5.41) is 13.2. The van der Waals surface area contributed by atoms with Crippen LogP contribution in [0.1, 0.15) is 19.4 Å². The molecule has 1 aromatic rings. The lowest BCUT2D eigenvalue weighted by Crippen LogP contribution is -2.45. The van der Waals surface area contributed by atoms with Crippen LogP contribution in [0, 0.1) is 0 Å². The molecule has 2 nitrogen and oxygen atoms in total. The van der Waals surface area contributed by atoms with Crippen LogP contribution in [0.4, 0.5) is 0 Å². The number of hydrogen-bond donors (Lipinski definition) is 2. The van der Waals surface area contributed by atoms with Crippen LogP contribution < -0.4 is 5.32 Å². The van der Waals surface area contributed by atoms with Gasteiger partial charge in [-0.25, -0.2) is 0 Å². The van der Waals surface area contributed by atoms with Gasteiger partial charge in [-0.1, -0.05) is 18.2 Å². The molecule has 1 heterocycles. The molecule has 1 aliphatic heterocycles. The van der Waals surface area contributed by atoms with Crippen LogP contribution in [-0.4, -0.2) is 29.0 Å². The average Bonchev–Trinajstić information content (AvgIpc) is 2.69. The van der Waals surface area contributed by atoms with Crippen molar-refractivity contribution in [2.75, 3.05) is 13.2 Å². The maximum Gasteiger partial charge on any atom is 0.0607 e. The Kier molecular flexibility index (Phi) is 3.57. The van der Waals surface area contributed by atoms with Crippen LogP contribution in [0.2, 0.25) is 0 Å². The lowest BCUT2D eigenvalue weighted by Gasteiger charge is -2.25. The summed E-state index contributed by atoms with van der Waals surface area (Å²) in [7, 11) is 0. The largest absolute Gasteiger partial charge is 0.394 e. The summed E-state index contributed by atoms with van der Waals surface area (Å²) in [5.41, 5.74) is 1.29. The third-order valence-corrected chi connectivity index (χ3v) is 4.24. The summed E-state index contributed by atoms with van der Waals surface area (Å²) in [4.78, 5) is 1.41. The number of aliphatic hydroxyl groups excluding tert-OH is 1. The van der Waals surface area contributed by atoms with Crippen LogP contribution >= 0.6 is 11.8 Å². The molecule has 2 N–H and O–H groups in total. The van der Waals surface area contributed by atoms with Gasteiger partial charge in [0.05, 0.1) is 6.61 Å². The number of thioether (sulfide) groups is 1. The van der Waals surface area contributed by atoms with Crippen molar-refractivity contribution in [1.82, 2.24) is 5.32 Å². The molecular weight excluding hydrogens is 218 g/mol. The summed E-state index contributed by atoms with van der Waals surface area (Å²) in [6, 6.07) is 8.60. The van der Waals surface area contributed by atoms with Gasteiger partial charge in [0.1, 0.15) is 0 Å². The second-order valence-corrected chi connectivity index (χ2v) is 6.32. The third kappa shape index (κ3) is 2.78. The molecule has 16 heavy (non-hydrogen) atoms. The van der Waals surface area contributed by atoms with Crippen LogP contribution in [0.5, 0.6) is 0 Å². The van der Waals surface area contributed by atoms with E-state index in [0.29, 0.717) is 5.25 Å². The fraction of sp³-hybridized carbons (Fsp3) is 0.538. The van der Waals surface area contributed by atoms with Gasteiger partial charge in [0, 0.05) is 22.2 Å². The van der Waals surface area contributed by atoms with E-state index in [1.165, 1.54) is 10.5 Å². The van der Waals surface area contributed by atoms with Gasteiger partial charge < -0.3 is 10.4 Å². The lowest BCUT2D eigenvalue weighted by molar-refractivity contribution is 0.189. The Balaban J connectivity index is 1.88. The van der Waals surface area contributed by atoms with Crippen molar-refractivity contribution in [2.24, 2.45) is 0 Å². The van der Waals surface area contributed by atoms with E-state index in [0.717, 1.165) is 13.0 Å². The summed E-state index contributed by atoms with van der Waals surface area (Å²) in [6.45, 7) is 5.18. The van der Waals surface area contributed by atoms with Crippen molar-refractivity contribution >= 4 is 11.8 Å². The molecular formula is C13H19NOS. The van der Waals surface area contributed by atoms with Crippen molar-refractivity contribution < 1.29 is 5.11 Å². The van der Waals surface area contributed by atoms with Gasteiger partial charge in [-0.15, -0.1) is 11.8 Å². The Morgan fingerprint density at radius 2 is 2.19 bits per heavy atom. The fourth-order valence-electron chi connectivity index (χ4n) is 1.81. The number of rotatable bonds is 4. The molecule has 3 heteroatoms. The quantitative estimate of drug-likeness (QED) is 0.841. The lowest BCUT2D eigenvalue weighted by atomic mass is 10.1. The molecule has 0 aliphatic carbocycles. The molecule has 1 atom stereocenters. The van der Waals surface area contributed by atoms with Crippen molar-refractivity contribution in [3.63, 3.8) is 0 Å². The van der Waals surface area contributed by atoms with Crippen LogP contribution in [0.3, 0.4) is 0 Å². The van der Waals surface area contributed by atoms with Gasteiger partial charge in [-0.2, -0.15) is 0 Å². The molecule has 0 spiro atoms. The van der Waals surface area contributed by atoms with E-state index in [-0.39, 0.29) is 12.1 Å². The number of benzene rings is 1. The van der Waals surface area contributed by atoms with E-state index < -0.39 is 0 Å². The molecule has 0 radical (unpaired) electrons. The van der Waals surface area contributed by atoms with Crippen molar-refractivity contribution in [2.45, 2.75) is 36.0 Å². The molecule has 88 valence electrons. The fourth-order valence-corrected chi connectivity index (χ4v) is 3.06. The molecule has 0 amide bonds. The minimum absolute atomic E-state index is 0.171. The summed E-state index contributed by atoms with van der Waals surface area (Å²) in [5.74, 6) is 0. The minimum atomic E-state index is -0.171. The highest BCUT2D eigenvalue weighted by Gasteiger charge is 2.24. The van der Waals surface area contributed by atoms with Gasteiger partial charge in [-0.3, -0.25) is 0 Å². The third-order valence-electron chi connectivity index (χ3n) is 2.92. The van der Waals surface area contributed by atoms with E-state index >= 15 is 0 Å². The summed E-state index contributed by atoms with van der Waals surface area (Å²) < 4.78 is 0. The van der Waals surface area contributed by atoms with Gasteiger partial charge in [0.15, 0.2) is 0 Å². The van der Waals surface area contributed by atoms with Gasteiger partial charge in [-0.05, 0) is 31.9 Å². The Morgan fingerprint density at radius 1 is 1.44 bits per heavy atom. The highest BCUT2D eigenvalue weighted by atomic mass is 32.2. The molecule has 0 fully saturated rings. The molecule has 1 aliphatic rings. The molecule has 0 saturated carbocycles. The van der Waals surface area contributed by atoms with Crippen LogP contribution in [0.15, 0.2) is 29.2 Å². The molecule has 1 aromatic carbocycles. The normalized spacial score (nSPS) is 19.8. The minimum Gasteiger partial charge on any atom is -0.394 e. The zero-order valence-electron chi connectivity index (χ0n) is 9.86. The molecule has 2 rings (SSSR count). The Labute approximate surface area is 101 Å². The molecule has 0 bridgehead atoms. The number of nitrogens with one attached hydrogen (secondary N) is 1. The summed E-state index contributed by atoms with van der Waals surface area (Å²) >= 11 is 1.94. The second kappa shape index (κ2) is 4.78. The topological polar surface area (TPSA) is 32.3 Å². The number of aliphatic hydroxyl groups is 1. The highest BCUT2D eigenvalue weighted by molar-refractivity contribution is 8.00. The first kappa shape index (κ1) is 12.0. The maximum absolute atomic E-state index is 9.17. The van der Waals surface area contributed by atoms with Crippen LogP contribution in [-0.2, 0) is 6.42 Å². The zero-order chi connectivity index (χ0) is 11.6. The van der Waals surface area contributed by atoms with E-state index in [1.807, 2.05) is 25.6 Å². The Bertz CT molecular complexity index is 340. The predicted octanol–water partition coefficient (Wildman–Crippen LogP) is 2.06. The molecule has 1 unspecified atom stereocenters. The highest BCUT2D eigenvalue weighted by Crippen LogP contribution is 2.36. The van der Waals surface area contributed by atoms with E-state index in [2.05, 4.69) is 29.6 Å². The smallest absolute Gasteiger partial charge is 0.0607 e. The van der Waals surface area contributed by atoms with Crippen molar-refractivity contribution in [3.8, 4) is 0 Å². The predicted molar refractivity (Wildman–Crippen MR) is 69.0 cm³/mol. The molecule has 0 saturated heterocycles.